The lowest BCUT2D eigenvalue weighted by atomic mass is 10.6. The predicted octanol–water partition coefficient (Wildman–Crippen LogP) is 2.48. The zero-order chi connectivity index (χ0) is 11.4. The van der Waals surface area contributed by atoms with Crippen molar-refractivity contribution in [2.75, 3.05) is 10.6 Å². The van der Waals surface area contributed by atoms with Crippen LogP contribution in [0.2, 0.25) is 0 Å². The van der Waals surface area contributed by atoms with Crippen LogP contribution in [0, 0.1) is 0 Å². The maximum atomic E-state index is 11.4. The topological polar surface area (TPSA) is 80.0 Å². The van der Waals surface area contributed by atoms with Crippen molar-refractivity contribution in [3.63, 3.8) is 0 Å². The van der Waals surface area contributed by atoms with Gasteiger partial charge < -0.3 is 4.42 Å². The van der Waals surface area contributed by atoms with Crippen LogP contribution >= 0.6 is 15.9 Å². The fourth-order valence-corrected chi connectivity index (χ4v) is 1.18. The predicted molar refractivity (Wildman–Crippen MR) is 61.1 cm³/mol. The highest BCUT2D eigenvalue weighted by atomic mass is 79.9. The number of nitrogens with zero attached hydrogens (tertiary/aromatic N) is 2. The van der Waals surface area contributed by atoms with Crippen LogP contribution in [0.25, 0.3) is 0 Å². The SMILES string of the molecule is O=C(Nc1ncc(Br)cn1)Nc1ccco1. The number of anilines is 2. The molecule has 2 N–H and O–H groups in total. The number of carbonyl (C=O) groups is 1. The zero-order valence-corrected chi connectivity index (χ0v) is 9.56. The molecular formula is C9H7BrN4O2. The second-order valence-electron chi connectivity index (χ2n) is 2.78. The highest BCUT2D eigenvalue weighted by molar-refractivity contribution is 9.10. The van der Waals surface area contributed by atoms with Crippen molar-refractivity contribution in [3.05, 3.63) is 35.3 Å². The highest BCUT2D eigenvalue weighted by Crippen LogP contribution is 2.09. The molecule has 0 unspecified atom stereocenters. The lowest BCUT2D eigenvalue weighted by molar-refractivity contribution is 0.261. The molecule has 0 aliphatic heterocycles. The summed E-state index contributed by atoms with van der Waals surface area (Å²) in [6.07, 6.45) is 4.54. The number of amides is 2. The van der Waals surface area contributed by atoms with Crippen LogP contribution in [0.15, 0.2) is 39.7 Å². The number of aromatic nitrogens is 2. The normalized spacial score (nSPS) is 9.81. The van der Waals surface area contributed by atoms with Gasteiger partial charge in [-0.2, -0.15) is 0 Å². The molecule has 82 valence electrons. The van der Waals surface area contributed by atoms with Gasteiger partial charge in [-0.25, -0.2) is 14.8 Å². The van der Waals surface area contributed by atoms with Gasteiger partial charge in [-0.15, -0.1) is 0 Å². The number of urea groups is 1. The molecule has 2 aromatic heterocycles. The van der Waals surface area contributed by atoms with Crippen molar-refractivity contribution < 1.29 is 9.21 Å². The smallest absolute Gasteiger partial charge is 0.328 e. The molecule has 2 rings (SSSR count). The molecule has 2 amide bonds. The molecule has 2 heterocycles. The molecule has 6 nitrogen and oxygen atoms in total. The first-order valence-electron chi connectivity index (χ1n) is 4.33. The zero-order valence-electron chi connectivity index (χ0n) is 7.98. The van der Waals surface area contributed by atoms with Gasteiger partial charge in [-0.1, -0.05) is 0 Å². The Morgan fingerprint density at radius 3 is 2.69 bits per heavy atom. The Balaban J connectivity index is 1.95. The first-order chi connectivity index (χ1) is 7.74. The Morgan fingerprint density at radius 2 is 2.06 bits per heavy atom. The average molecular weight is 283 g/mol. The summed E-state index contributed by atoms with van der Waals surface area (Å²) in [6, 6.07) is 2.84. The fraction of sp³-hybridized carbons (Fsp3) is 0. The van der Waals surface area contributed by atoms with Gasteiger partial charge in [0.1, 0.15) is 0 Å². The van der Waals surface area contributed by atoms with E-state index in [9.17, 15) is 4.79 Å². The molecule has 0 aliphatic carbocycles. The number of halogens is 1. The molecule has 2 aromatic rings. The van der Waals surface area contributed by atoms with E-state index in [4.69, 9.17) is 4.42 Å². The van der Waals surface area contributed by atoms with Gasteiger partial charge in [0.25, 0.3) is 0 Å². The van der Waals surface area contributed by atoms with Crippen LogP contribution in [0.4, 0.5) is 16.6 Å². The molecule has 0 bridgehead atoms. The van der Waals surface area contributed by atoms with Gasteiger partial charge in [-0.3, -0.25) is 10.6 Å². The van der Waals surface area contributed by atoms with E-state index in [-0.39, 0.29) is 5.95 Å². The maximum absolute atomic E-state index is 11.4. The molecule has 0 saturated carbocycles. The van der Waals surface area contributed by atoms with Gasteiger partial charge >= 0.3 is 6.03 Å². The number of nitrogens with one attached hydrogen (secondary N) is 2. The third-order valence-corrected chi connectivity index (χ3v) is 2.01. The number of hydrogen-bond acceptors (Lipinski definition) is 4. The summed E-state index contributed by atoms with van der Waals surface area (Å²) in [4.78, 5) is 19.2. The minimum Gasteiger partial charge on any atom is -0.449 e. The van der Waals surface area contributed by atoms with Gasteiger partial charge in [-0.05, 0) is 22.0 Å². The van der Waals surface area contributed by atoms with E-state index < -0.39 is 6.03 Å². The van der Waals surface area contributed by atoms with Crippen molar-refractivity contribution in [2.45, 2.75) is 0 Å². The lowest BCUT2D eigenvalue weighted by Gasteiger charge is -2.03. The molecule has 0 aromatic carbocycles. The summed E-state index contributed by atoms with van der Waals surface area (Å²) in [5.41, 5.74) is 0. The monoisotopic (exact) mass is 282 g/mol. The van der Waals surface area contributed by atoms with E-state index in [0.29, 0.717) is 5.88 Å². The fourth-order valence-electron chi connectivity index (χ4n) is 0.971. The van der Waals surface area contributed by atoms with E-state index in [1.54, 1.807) is 12.1 Å². The van der Waals surface area contributed by atoms with E-state index >= 15 is 0 Å². The van der Waals surface area contributed by atoms with Crippen molar-refractivity contribution in [3.8, 4) is 0 Å². The summed E-state index contributed by atoms with van der Waals surface area (Å²) in [7, 11) is 0. The number of rotatable bonds is 2. The quantitative estimate of drug-likeness (QED) is 0.887. The molecule has 0 spiro atoms. The molecule has 7 heteroatoms. The largest absolute Gasteiger partial charge is 0.449 e. The molecule has 0 radical (unpaired) electrons. The van der Waals surface area contributed by atoms with Crippen LogP contribution < -0.4 is 10.6 Å². The van der Waals surface area contributed by atoms with E-state index in [1.165, 1.54) is 18.7 Å². The van der Waals surface area contributed by atoms with E-state index in [0.717, 1.165) is 4.47 Å². The molecule has 0 fully saturated rings. The van der Waals surface area contributed by atoms with Crippen LogP contribution in [0.1, 0.15) is 0 Å². The maximum Gasteiger partial charge on any atom is 0.328 e. The lowest BCUT2D eigenvalue weighted by Crippen LogP contribution is -2.20. The third-order valence-electron chi connectivity index (χ3n) is 1.60. The van der Waals surface area contributed by atoms with Crippen molar-refractivity contribution >= 4 is 33.8 Å². The van der Waals surface area contributed by atoms with Crippen LogP contribution in [0.3, 0.4) is 0 Å². The minimum absolute atomic E-state index is 0.215. The number of carbonyl (C=O) groups excluding carboxylic acids is 1. The molecule has 0 atom stereocenters. The van der Waals surface area contributed by atoms with Crippen LogP contribution in [-0.2, 0) is 0 Å². The average Bonchev–Trinajstić information content (AvgIpc) is 2.74. The molecule has 16 heavy (non-hydrogen) atoms. The van der Waals surface area contributed by atoms with Gasteiger partial charge in [0, 0.05) is 18.5 Å². The molecule has 0 saturated heterocycles. The van der Waals surface area contributed by atoms with Crippen molar-refractivity contribution in [1.29, 1.82) is 0 Å². The van der Waals surface area contributed by atoms with Gasteiger partial charge in [0.05, 0.1) is 10.7 Å². The third kappa shape index (κ3) is 2.80. The number of hydrogen-bond donors (Lipinski definition) is 2. The minimum atomic E-state index is -0.461. The molecular weight excluding hydrogens is 276 g/mol. The van der Waals surface area contributed by atoms with Gasteiger partial charge in [0.15, 0.2) is 0 Å². The van der Waals surface area contributed by atoms with Crippen LogP contribution in [0.5, 0.6) is 0 Å². The van der Waals surface area contributed by atoms with Crippen LogP contribution in [-0.4, -0.2) is 16.0 Å². The van der Waals surface area contributed by atoms with E-state index in [2.05, 4.69) is 36.5 Å². The Bertz CT molecular complexity index is 469. The summed E-state index contributed by atoms with van der Waals surface area (Å²) >= 11 is 3.19. The van der Waals surface area contributed by atoms with Gasteiger partial charge in [0.2, 0.25) is 11.8 Å². The first kappa shape index (κ1) is 10.6. The summed E-state index contributed by atoms with van der Waals surface area (Å²) < 4.78 is 5.68. The highest BCUT2D eigenvalue weighted by Gasteiger charge is 2.05. The van der Waals surface area contributed by atoms with E-state index in [1.807, 2.05) is 0 Å². The summed E-state index contributed by atoms with van der Waals surface area (Å²) in [5, 5.41) is 4.93. The van der Waals surface area contributed by atoms with Crippen molar-refractivity contribution in [2.24, 2.45) is 0 Å². The molecule has 0 aliphatic rings. The van der Waals surface area contributed by atoms with Crippen molar-refractivity contribution in [1.82, 2.24) is 9.97 Å². The standard InChI is InChI=1S/C9H7BrN4O2/c10-6-4-11-8(12-5-6)14-9(15)13-7-2-1-3-16-7/h1-5H,(H2,11,12,13,14,15). The Labute approximate surface area is 99.2 Å². The second-order valence-corrected chi connectivity index (χ2v) is 3.70. The first-order valence-corrected chi connectivity index (χ1v) is 5.12. The Morgan fingerprint density at radius 1 is 1.31 bits per heavy atom. The second kappa shape index (κ2) is 4.75. The Hall–Kier alpha value is -1.89. The number of furan rings is 1. The summed E-state index contributed by atoms with van der Waals surface area (Å²) in [5.74, 6) is 0.571. The summed E-state index contributed by atoms with van der Waals surface area (Å²) in [6.45, 7) is 0. The Kier molecular flexibility index (Phi) is 3.16.